The van der Waals surface area contributed by atoms with E-state index >= 15 is 0 Å². The van der Waals surface area contributed by atoms with Crippen molar-refractivity contribution >= 4 is 15.9 Å². The zero-order valence-corrected chi connectivity index (χ0v) is 15.1. The number of methoxy groups -OCH3 is 1. The van der Waals surface area contributed by atoms with Gasteiger partial charge in [-0.3, -0.25) is 0 Å². The van der Waals surface area contributed by atoms with E-state index in [2.05, 4.69) is 21.2 Å². The maximum Gasteiger partial charge on any atom is 0.166 e. The second-order valence-corrected chi connectivity index (χ2v) is 6.41. The average Bonchev–Trinajstić information content (AvgIpc) is 2.51. The lowest BCUT2D eigenvalue weighted by molar-refractivity contribution is 0.227. The molecule has 5 heteroatoms. The van der Waals surface area contributed by atoms with Crippen LogP contribution in [-0.4, -0.2) is 13.2 Å². The van der Waals surface area contributed by atoms with E-state index in [0.717, 1.165) is 21.3 Å². The fraction of sp³-hybridized carbons (Fsp3) is 0.333. The highest BCUT2D eigenvalue weighted by Gasteiger charge is 2.14. The van der Waals surface area contributed by atoms with E-state index in [1.807, 2.05) is 26.0 Å². The summed E-state index contributed by atoms with van der Waals surface area (Å²) in [7, 11) is 1.63. The summed E-state index contributed by atoms with van der Waals surface area (Å²) in [4.78, 5) is 0. The van der Waals surface area contributed by atoms with E-state index in [0.29, 0.717) is 18.8 Å². The summed E-state index contributed by atoms with van der Waals surface area (Å²) in [6.07, 6.45) is 0.0564. The van der Waals surface area contributed by atoms with Gasteiger partial charge in [-0.25, -0.2) is 4.39 Å². The third-order valence-electron chi connectivity index (χ3n) is 3.23. The van der Waals surface area contributed by atoms with Crippen molar-refractivity contribution in [3.05, 3.63) is 57.8 Å². The Labute approximate surface area is 144 Å². The zero-order chi connectivity index (χ0) is 16.8. The second kappa shape index (κ2) is 8.31. The second-order valence-electron chi connectivity index (χ2n) is 5.49. The van der Waals surface area contributed by atoms with Crippen LogP contribution in [0.15, 0.2) is 40.9 Å². The molecule has 2 aromatic rings. The lowest BCUT2D eigenvalue weighted by Crippen LogP contribution is -2.15. The smallest absolute Gasteiger partial charge is 0.166 e. The maximum atomic E-state index is 12.9. The van der Waals surface area contributed by atoms with Gasteiger partial charge in [0.1, 0.15) is 5.82 Å². The van der Waals surface area contributed by atoms with Crippen LogP contribution < -0.4 is 14.8 Å². The summed E-state index contributed by atoms with van der Waals surface area (Å²) in [5, 5.41) is 3.35. The van der Waals surface area contributed by atoms with Gasteiger partial charge >= 0.3 is 0 Å². The Kier molecular flexibility index (Phi) is 6.42. The Morgan fingerprint density at radius 3 is 2.43 bits per heavy atom. The Morgan fingerprint density at radius 1 is 1.13 bits per heavy atom. The minimum Gasteiger partial charge on any atom is -0.493 e. The number of benzene rings is 2. The number of rotatable bonds is 7. The van der Waals surface area contributed by atoms with Crippen molar-refractivity contribution in [3.63, 3.8) is 0 Å². The molecule has 0 aromatic heterocycles. The third kappa shape index (κ3) is 5.22. The molecule has 0 aliphatic carbocycles. The molecule has 124 valence electrons. The number of ether oxygens (including phenoxy) is 2. The summed E-state index contributed by atoms with van der Waals surface area (Å²) in [6, 6.07) is 10.4. The number of halogens is 2. The van der Waals surface area contributed by atoms with Gasteiger partial charge in [-0.1, -0.05) is 28.1 Å². The van der Waals surface area contributed by atoms with Gasteiger partial charge in [0.15, 0.2) is 11.5 Å². The molecule has 2 rings (SSSR count). The number of hydrogen-bond acceptors (Lipinski definition) is 3. The lowest BCUT2D eigenvalue weighted by atomic mass is 10.1. The molecule has 0 unspecified atom stereocenters. The standard InChI is InChI=1S/C18H21BrFNO2/c1-12(2)23-18-14(8-15(19)9-17(18)22-3)11-21-10-13-4-6-16(20)7-5-13/h4-9,12,21H,10-11H2,1-3H3. The summed E-state index contributed by atoms with van der Waals surface area (Å²) in [6.45, 7) is 5.24. The maximum absolute atomic E-state index is 12.9. The van der Waals surface area contributed by atoms with Gasteiger partial charge in [0.25, 0.3) is 0 Å². The van der Waals surface area contributed by atoms with E-state index in [1.165, 1.54) is 12.1 Å². The summed E-state index contributed by atoms with van der Waals surface area (Å²) in [5.41, 5.74) is 2.03. The highest BCUT2D eigenvalue weighted by Crippen LogP contribution is 2.35. The number of nitrogens with one attached hydrogen (secondary N) is 1. The van der Waals surface area contributed by atoms with Crippen molar-refractivity contribution in [2.45, 2.75) is 33.0 Å². The quantitative estimate of drug-likeness (QED) is 0.755. The average molecular weight is 382 g/mol. The molecule has 0 fully saturated rings. The van der Waals surface area contributed by atoms with E-state index in [4.69, 9.17) is 9.47 Å². The molecule has 2 aromatic carbocycles. The topological polar surface area (TPSA) is 30.5 Å². The molecule has 0 aliphatic heterocycles. The molecule has 1 N–H and O–H groups in total. The molecular weight excluding hydrogens is 361 g/mol. The summed E-state index contributed by atoms with van der Waals surface area (Å²) >= 11 is 3.49. The molecule has 0 spiro atoms. The van der Waals surface area contributed by atoms with Crippen LogP contribution in [0.3, 0.4) is 0 Å². The van der Waals surface area contributed by atoms with Gasteiger partial charge in [-0.15, -0.1) is 0 Å². The minimum absolute atomic E-state index is 0.0564. The van der Waals surface area contributed by atoms with Gasteiger partial charge in [0.2, 0.25) is 0 Å². The minimum atomic E-state index is -0.224. The monoisotopic (exact) mass is 381 g/mol. The van der Waals surface area contributed by atoms with Crippen molar-refractivity contribution in [3.8, 4) is 11.5 Å². The van der Waals surface area contributed by atoms with Gasteiger partial charge in [0.05, 0.1) is 13.2 Å². The largest absolute Gasteiger partial charge is 0.493 e. The molecule has 0 amide bonds. The van der Waals surface area contributed by atoms with Crippen LogP contribution in [-0.2, 0) is 13.1 Å². The van der Waals surface area contributed by atoms with Gasteiger partial charge in [-0.05, 0) is 43.7 Å². The van der Waals surface area contributed by atoms with Crippen molar-refractivity contribution in [2.75, 3.05) is 7.11 Å². The van der Waals surface area contributed by atoms with Crippen LogP contribution in [0, 0.1) is 5.82 Å². The zero-order valence-electron chi connectivity index (χ0n) is 13.5. The molecule has 3 nitrogen and oxygen atoms in total. The molecular formula is C18H21BrFNO2. The fourth-order valence-corrected chi connectivity index (χ4v) is 2.70. The third-order valence-corrected chi connectivity index (χ3v) is 3.69. The molecule has 0 saturated heterocycles. The molecule has 0 bridgehead atoms. The SMILES string of the molecule is COc1cc(Br)cc(CNCc2ccc(F)cc2)c1OC(C)C. The molecule has 0 aliphatic rings. The normalized spacial score (nSPS) is 10.9. The first-order valence-corrected chi connectivity index (χ1v) is 8.27. The van der Waals surface area contributed by atoms with Crippen LogP contribution in [0.1, 0.15) is 25.0 Å². The van der Waals surface area contributed by atoms with Crippen molar-refractivity contribution in [1.82, 2.24) is 5.32 Å². The van der Waals surface area contributed by atoms with E-state index in [9.17, 15) is 4.39 Å². The Balaban J connectivity index is 2.11. The van der Waals surface area contributed by atoms with E-state index in [1.54, 1.807) is 19.2 Å². The molecule has 23 heavy (non-hydrogen) atoms. The van der Waals surface area contributed by atoms with Gasteiger partial charge in [0, 0.05) is 23.1 Å². The van der Waals surface area contributed by atoms with Crippen LogP contribution in [0.2, 0.25) is 0 Å². The van der Waals surface area contributed by atoms with E-state index < -0.39 is 0 Å². The number of hydrogen-bond donors (Lipinski definition) is 1. The Hall–Kier alpha value is -1.59. The van der Waals surface area contributed by atoms with Gasteiger partial charge in [-0.2, -0.15) is 0 Å². The first-order valence-electron chi connectivity index (χ1n) is 7.48. The Bertz CT molecular complexity index is 644. The highest BCUT2D eigenvalue weighted by molar-refractivity contribution is 9.10. The summed E-state index contributed by atoms with van der Waals surface area (Å²) < 4.78 is 25.2. The predicted octanol–water partition coefficient (Wildman–Crippen LogP) is 4.67. The van der Waals surface area contributed by atoms with Crippen LogP contribution in [0.4, 0.5) is 4.39 Å². The van der Waals surface area contributed by atoms with Crippen molar-refractivity contribution in [1.29, 1.82) is 0 Å². The molecule has 0 atom stereocenters. The highest BCUT2D eigenvalue weighted by atomic mass is 79.9. The lowest BCUT2D eigenvalue weighted by Gasteiger charge is -2.18. The van der Waals surface area contributed by atoms with E-state index in [-0.39, 0.29) is 11.9 Å². The first-order chi connectivity index (χ1) is 11.0. The Morgan fingerprint density at radius 2 is 1.83 bits per heavy atom. The molecule has 0 radical (unpaired) electrons. The van der Waals surface area contributed by atoms with Crippen molar-refractivity contribution in [2.24, 2.45) is 0 Å². The van der Waals surface area contributed by atoms with Crippen LogP contribution >= 0.6 is 15.9 Å². The van der Waals surface area contributed by atoms with Crippen LogP contribution in [0.25, 0.3) is 0 Å². The molecule has 0 saturated carbocycles. The van der Waals surface area contributed by atoms with Crippen LogP contribution in [0.5, 0.6) is 11.5 Å². The van der Waals surface area contributed by atoms with Crippen molar-refractivity contribution < 1.29 is 13.9 Å². The summed E-state index contributed by atoms with van der Waals surface area (Å²) in [5.74, 6) is 1.22. The fourth-order valence-electron chi connectivity index (χ4n) is 2.22. The predicted molar refractivity (Wildman–Crippen MR) is 93.4 cm³/mol. The first kappa shape index (κ1) is 17.8. The van der Waals surface area contributed by atoms with Gasteiger partial charge < -0.3 is 14.8 Å². The molecule has 0 heterocycles.